The molecule has 244 valence electrons. The van der Waals surface area contributed by atoms with E-state index in [-0.39, 0.29) is 49.4 Å². The molecule has 0 N–H and O–H groups in total. The van der Waals surface area contributed by atoms with Gasteiger partial charge in [-0.2, -0.15) is 0 Å². The molecule has 9 heteroatoms. The molecule has 0 spiro atoms. The van der Waals surface area contributed by atoms with Crippen molar-refractivity contribution in [3.63, 3.8) is 0 Å². The number of piperazine rings is 1. The quantitative estimate of drug-likeness (QED) is 0.152. The van der Waals surface area contributed by atoms with E-state index in [1.165, 1.54) is 103 Å². The van der Waals surface area contributed by atoms with Crippen molar-refractivity contribution < 1.29 is 14.2 Å². The van der Waals surface area contributed by atoms with E-state index in [1.807, 2.05) is 14.2 Å². The minimum Gasteiger partial charge on any atom is -0.497 e. The average molecular weight is 651 g/mol. The molecule has 1 aromatic rings. The predicted octanol–water partition coefficient (Wildman–Crippen LogP) is 6.88. The van der Waals surface area contributed by atoms with Crippen LogP contribution in [0.1, 0.15) is 70.3 Å². The zero-order valence-electron chi connectivity index (χ0n) is 26.5. The number of fused-ring (bicyclic) bond motifs is 1. The second-order valence-electron chi connectivity index (χ2n) is 11.9. The Kier molecular flexibility index (Phi) is 19.9. The lowest BCUT2D eigenvalue weighted by Crippen LogP contribution is -2.46. The van der Waals surface area contributed by atoms with E-state index in [1.54, 1.807) is 12.7 Å². The molecule has 0 radical (unpaired) electrons. The number of methoxy groups -OCH3 is 3. The van der Waals surface area contributed by atoms with Crippen LogP contribution >= 0.6 is 37.2 Å². The molecule has 1 aliphatic heterocycles. The Morgan fingerprint density at radius 2 is 1.50 bits per heavy atom. The highest BCUT2D eigenvalue weighted by atomic mass is 35.5. The van der Waals surface area contributed by atoms with Crippen LogP contribution in [-0.4, -0.2) is 100 Å². The highest BCUT2D eigenvalue weighted by Crippen LogP contribution is 2.40. The van der Waals surface area contributed by atoms with E-state index >= 15 is 0 Å². The van der Waals surface area contributed by atoms with Crippen LogP contribution in [0.15, 0.2) is 35.9 Å². The second kappa shape index (κ2) is 21.2. The number of ether oxygens (including phenoxy) is 3. The van der Waals surface area contributed by atoms with Crippen molar-refractivity contribution in [1.82, 2.24) is 14.7 Å². The Bertz CT molecular complexity index is 868. The van der Waals surface area contributed by atoms with Crippen molar-refractivity contribution >= 4 is 37.2 Å². The fourth-order valence-corrected chi connectivity index (χ4v) is 7.14. The standard InChI is InChI=1S/C33H55N3O3.3ClH/c1-5-18-36(29-13-16-31-28(25-29)12-17-32(38-3)33(31)39-4)20-9-7-6-8-19-34-21-23-35(24-22-34)26-27-10-14-30(37-2)15-11-27;;;/h10-12,14-15,29,31-33H,5-9,13,16-26H2,1-4H3;3*1H/t29?,31?,32?,33-;;;/m0.../s1. The van der Waals surface area contributed by atoms with Crippen LogP contribution in [-0.2, 0) is 16.0 Å². The molecule has 42 heavy (non-hydrogen) atoms. The van der Waals surface area contributed by atoms with E-state index in [9.17, 15) is 0 Å². The van der Waals surface area contributed by atoms with Gasteiger partial charge in [0.15, 0.2) is 0 Å². The Labute approximate surface area is 275 Å². The third-order valence-corrected chi connectivity index (χ3v) is 9.44. The normalized spacial score (nSPS) is 24.5. The molecular formula is C33H58Cl3N3O3. The smallest absolute Gasteiger partial charge is 0.118 e. The fourth-order valence-electron chi connectivity index (χ4n) is 7.14. The highest BCUT2D eigenvalue weighted by molar-refractivity contribution is 5.86. The molecule has 2 fully saturated rings. The molecule has 2 aliphatic carbocycles. The number of rotatable bonds is 15. The first-order valence-electron chi connectivity index (χ1n) is 15.7. The summed E-state index contributed by atoms with van der Waals surface area (Å²) in [5, 5.41) is 0. The van der Waals surface area contributed by atoms with Gasteiger partial charge in [-0.15, -0.1) is 37.2 Å². The average Bonchev–Trinajstić information content (AvgIpc) is 2.98. The maximum atomic E-state index is 5.90. The lowest BCUT2D eigenvalue weighted by molar-refractivity contribution is -0.0689. The lowest BCUT2D eigenvalue weighted by Gasteiger charge is -2.44. The summed E-state index contributed by atoms with van der Waals surface area (Å²) < 4.78 is 16.9. The van der Waals surface area contributed by atoms with Crippen molar-refractivity contribution in [2.75, 3.05) is 67.1 Å². The minimum absolute atomic E-state index is 0. The molecule has 4 rings (SSSR count). The van der Waals surface area contributed by atoms with Crippen LogP contribution in [0.2, 0.25) is 0 Å². The van der Waals surface area contributed by atoms with Crippen molar-refractivity contribution in [3.8, 4) is 5.75 Å². The maximum Gasteiger partial charge on any atom is 0.118 e. The molecule has 0 aromatic heterocycles. The number of hydrogen-bond donors (Lipinski definition) is 0. The number of unbranched alkanes of at least 4 members (excludes halogenated alkanes) is 3. The largest absolute Gasteiger partial charge is 0.497 e. The highest BCUT2D eigenvalue weighted by Gasteiger charge is 2.39. The topological polar surface area (TPSA) is 37.4 Å². The number of nitrogens with zero attached hydrogens (tertiary/aromatic N) is 3. The van der Waals surface area contributed by atoms with Crippen molar-refractivity contribution in [1.29, 1.82) is 0 Å². The van der Waals surface area contributed by atoms with Gasteiger partial charge in [-0.05, 0) is 82.3 Å². The van der Waals surface area contributed by atoms with Crippen molar-refractivity contribution in [3.05, 3.63) is 41.5 Å². The molecule has 0 amide bonds. The van der Waals surface area contributed by atoms with Crippen LogP contribution in [0, 0.1) is 5.92 Å². The fraction of sp³-hybridized carbons (Fsp3) is 0.758. The molecule has 6 nitrogen and oxygen atoms in total. The number of benzene rings is 1. The summed E-state index contributed by atoms with van der Waals surface area (Å²) in [5.74, 6) is 1.49. The van der Waals surface area contributed by atoms with Gasteiger partial charge in [0.2, 0.25) is 0 Å². The number of halogens is 3. The Hall–Kier alpha value is -0.570. The first-order chi connectivity index (χ1) is 19.1. The van der Waals surface area contributed by atoms with E-state index < -0.39 is 0 Å². The molecule has 3 aliphatic rings. The van der Waals surface area contributed by atoms with Gasteiger partial charge in [-0.3, -0.25) is 4.90 Å². The summed E-state index contributed by atoms with van der Waals surface area (Å²) in [6, 6.07) is 9.23. The Morgan fingerprint density at radius 3 is 2.14 bits per heavy atom. The molecule has 1 saturated carbocycles. The van der Waals surface area contributed by atoms with E-state index in [4.69, 9.17) is 14.2 Å². The molecule has 3 unspecified atom stereocenters. The van der Waals surface area contributed by atoms with E-state index in [0.717, 1.165) is 18.7 Å². The van der Waals surface area contributed by atoms with E-state index in [0.29, 0.717) is 12.0 Å². The van der Waals surface area contributed by atoms with Crippen LogP contribution in [0.25, 0.3) is 0 Å². The summed E-state index contributed by atoms with van der Waals surface area (Å²) in [4.78, 5) is 8.07. The third-order valence-electron chi connectivity index (χ3n) is 9.44. The van der Waals surface area contributed by atoms with Gasteiger partial charge in [-0.1, -0.05) is 43.5 Å². The summed E-state index contributed by atoms with van der Waals surface area (Å²) in [6.07, 6.45) is 14.3. The summed E-state index contributed by atoms with van der Waals surface area (Å²) in [7, 11) is 5.42. The van der Waals surface area contributed by atoms with Crippen LogP contribution < -0.4 is 4.74 Å². The molecule has 4 atom stereocenters. The molecular weight excluding hydrogens is 593 g/mol. The van der Waals surface area contributed by atoms with Gasteiger partial charge in [-0.25, -0.2) is 0 Å². The van der Waals surface area contributed by atoms with Gasteiger partial charge >= 0.3 is 0 Å². The summed E-state index contributed by atoms with van der Waals surface area (Å²) in [5.41, 5.74) is 3.01. The first kappa shape index (κ1) is 39.5. The SMILES string of the molecule is CCCN(CCCCCCN1CCN(Cc2ccc(OC)cc2)CC1)C1CCC2C(=CCC(OC)[C@H]2OC)C1.Cl.Cl.Cl. The first-order valence-corrected chi connectivity index (χ1v) is 15.7. The molecule has 1 saturated heterocycles. The van der Waals surface area contributed by atoms with Gasteiger partial charge in [0, 0.05) is 58.9 Å². The van der Waals surface area contributed by atoms with Crippen LogP contribution in [0.3, 0.4) is 0 Å². The third kappa shape index (κ3) is 11.4. The Balaban J connectivity index is 0.00000294. The lowest BCUT2D eigenvalue weighted by atomic mass is 9.72. The van der Waals surface area contributed by atoms with Crippen molar-refractivity contribution in [2.24, 2.45) is 5.92 Å². The Morgan fingerprint density at radius 1 is 0.810 bits per heavy atom. The van der Waals surface area contributed by atoms with Gasteiger partial charge in [0.1, 0.15) is 5.75 Å². The summed E-state index contributed by atoms with van der Waals surface area (Å²) >= 11 is 0. The maximum absolute atomic E-state index is 5.90. The van der Waals surface area contributed by atoms with Gasteiger partial charge in [0.25, 0.3) is 0 Å². The van der Waals surface area contributed by atoms with Gasteiger partial charge < -0.3 is 24.0 Å². The molecule has 1 heterocycles. The van der Waals surface area contributed by atoms with Crippen molar-refractivity contribution in [2.45, 2.75) is 89.5 Å². The second-order valence-corrected chi connectivity index (χ2v) is 11.9. The van der Waals surface area contributed by atoms with E-state index in [2.05, 4.69) is 52.0 Å². The minimum atomic E-state index is 0. The monoisotopic (exact) mass is 649 g/mol. The zero-order chi connectivity index (χ0) is 27.5. The molecule has 1 aromatic carbocycles. The molecule has 0 bridgehead atoms. The number of hydrogen-bond acceptors (Lipinski definition) is 6. The summed E-state index contributed by atoms with van der Waals surface area (Å²) in [6.45, 7) is 11.9. The van der Waals surface area contributed by atoms with Crippen LogP contribution in [0.4, 0.5) is 0 Å². The predicted molar refractivity (Wildman–Crippen MR) is 182 cm³/mol. The zero-order valence-corrected chi connectivity index (χ0v) is 29.0. The van der Waals surface area contributed by atoms with Crippen LogP contribution in [0.5, 0.6) is 5.75 Å². The van der Waals surface area contributed by atoms with Gasteiger partial charge in [0.05, 0.1) is 19.3 Å².